The summed E-state index contributed by atoms with van der Waals surface area (Å²) in [6.45, 7) is 0. The quantitative estimate of drug-likeness (QED) is 0.506. The summed E-state index contributed by atoms with van der Waals surface area (Å²) < 4.78 is 13.0. The monoisotopic (exact) mass is 276 g/mol. The number of hydrogen-bond acceptors (Lipinski definition) is 2. The van der Waals surface area contributed by atoms with E-state index in [-0.39, 0.29) is 17.6 Å². The fraction of sp³-hybridized carbons (Fsp3) is 0.438. The van der Waals surface area contributed by atoms with Gasteiger partial charge in [0.1, 0.15) is 5.82 Å². The minimum atomic E-state index is -0.440. The van der Waals surface area contributed by atoms with Gasteiger partial charge in [-0.25, -0.2) is 4.39 Å². The van der Waals surface area contributed by atoms with E-state index in [1.54, 1.807) is 12.1 Å². The van der Waals surface area contributed by atoms with E-state index in [1.165, 1.54) is 43.9 Å². The van der Waals surface area contributed by atoms with Gasteiger partial charge in [-0.05, 0) is 36.6 Å². The molecule has 0 aliphatic heterocycles. The summed E-state index contributed by atoms with van der Waals surface area (Å²) in [5.41, 5.74) is 6.30. The average Bonchev–Trinajstić information content (AvgIpc) is 2.69. The molecule has 1 saturated carbocycles. The summed E-state index contributed by atoms with van der Waals surface area (Å²) in [5.74, 6) is -0.537. The van der Waals surface area contributed by atoms with Gasteiger partial charge in [-0.15, -0.1) is 0 Å². The van der Waals surface area contributed by atoms with Crippen molar-refractivity contribution in [3.05, 3.63) is 35.7 Å². The molecule has 0 unspecified atom stereocenters. The number of anilines is 1. The van der Waals surface area contributed by atoms with Crippen molar-refractivity contribution in [2.75, 3.05) is 5.73 Å². The lowest BCUT2D eigenvalue weighted by Gasteiger charge is -2.14. The SMILES string of the molecule is Nc1cc(/C=C/C(=O)NC2CCCCCC2)ccc1F. The predicted molar refractivity (Wildman–Crippen MR) is 79.5 cm³/mol. The molecule has 0 bridgehead atoms. The lowest BCUT2D eigenvalue weighted by Crippen LogP contribution is -2.33. The van der Waals surface area contributed by atoms with Crippen LogP contribution in [0.25, 0.3) is 6.08 Å². The maximum absolute atomic E-state index is 13.0. The van der Waals surface area contributed by atoms with Crippen LogP contribution in [0.3, 0.4) is 0 Å². The van der Waals surface area contributed by atoms with E-state index in [0.29, 0.717) is 0 Å². The van der Waals surface area contributed by atoms with Crippen LogP contribution in [0.4, 0.5) is 10.1 Å². The van der Waals surface area contributed by atoms with Crippen LogP contribution in [-0.2, 0) is 4.79 Å². The molecule has 0 spiro atoms. The summed E-state index contributed by atoms with van der Waals surface area (Å²) >= 11 is 0. The standard InChI is InChI=1S/C16H21FN2O/c17-14-9-7-12(11-15(14)18)8-10-16(20)19-13-5-3-1-2-4-6-13/h7-11,13H,1-6,18H2,(H,19,20)/b10-8+. The van der Waals surface area contributed by atoms with Gasteiger partial charge in [0.2, 0.25) is 5.91 Å². The highest BCUT2D eigenvalue weighted by Gasteiger charge is 2.13. The second-order valence-corrected chi connectivity index (χ2v) is 5.31. The van der Waals surface area contributed by atoms with Gasteiger partial charge in [-0.2, -0.15) is 0 Å². The minimum Gasteiger partial charge on any atom is -0.396 e. The van der Waals surface area contributed by atoms with Crippen molar-refractivity contribution in [3.63, 3.8) is 0 Å². The van der Waals surface area contributed by atoms with Crippen molar-refractivity contribution < 1.29 is 9.18 Å². The Labute approximate surface area is 119 Å². The fourth-order valence-corrected chi connectivity index (χ4v) is 2.51. The van der Waals surface area contributed by atoms with Crippen LogP contribution in [-0.4, -0.2) is 11.9 Å². The lowest BCUT2D eigenvalue weighted by molar-refractivity contribution is -0.117. The molecule has 1 aromatic rings. The first-order chi connectivity index (χ1) is 9.65. The zero-order valence-electron chi connectivity index (χ0n) is 11.6. The van der Waals surface area contributed by atoms with Gasteiger partial charge in [0.05, 0.1) is 5.69 Å². The number of amides is 1. The van der Waals surface area contributed by atoms with Crippen LogP contribution in [0, 0.1) is 5.82 Å². The molecular formula is C16H21FN2O. The molecular weight excluding hydrogens is 255 g/mol. The van der Waals surface area contributed by atoms with Crippen molar-refractivity contribution in [3.8, 4) is 0 Å². The number of nitrogen functional groups attached to an aromatic ring is 1. The van der Waals surface area contributed by atoms with Crippen molar-refractivity contribution in [2.24, 2.45) is 0 Å². The number of rotatable bonds is 3. The largest absolute Gasteiger partial charge is 0.396 e. The van der Waals surface area contributed by atoms with Crippen LogP contribution in [0.15, 0.2) is 24.3 Å². The van der Waals surface area contributed by atoms with Gasteiger partial charge in [0.15, 0.2) is 0 Å². The third-order valence-electron chi connectivity index (χ3n) is 3.65. The second-order valence-electron chi connectivity index (χ2n) is 5.31. The molecule has 1 aliphatic rings. The molecule has 1 aliphatic carbocycles. The maximum atomic E-state index is 13.0. The van der Waals surface area contributed by atoms with E-state index >= 15 is 0 Å². The zero-order chi connectivity index (χ0) is 14.4. The molecule has 0 aromatic heterocycles. The van der Waals surface area contributed by atoms with Gasteiger partial charge >= 0.3 is 0 Å². The summed E-state index contributed by atoms with van der Waals surface area (Å²) in [7, 11) is 0. The van der Waals surface area contributed by atoms with Crippen LogP contribution in [0.5, 0.6) is 0 Å². The molecule has 0 saturated heterocycles. The van der Waals surface area contributed by atoms with E-state index in [0.717, 1.165) is 18.4 Å². The molecule has 1 amide bonds. The van der Waals surface area contributed by atoms with E-state index in [2.05, 4.69) is 5.32 Å². The van der Waals surface area contributed by atoms with E-state index in [1.807, 2.05) is 0 Å². The smallest absolute Gasteiger partial charge is 0.244 e. The topological polar surface area (TPSA) is 55.1 Å². The molecule has 0 heterocycles. The first-order valence-electron chi connectivity index (χ1n) is 7.19. The molecule has 3 N–H and O–H groups in total. The van der Waals surface area contributed by atoms with Gasteiger partial charge in [-0.3, -0.25) is 4.79 Å². The molecule has 1 fully saturated rings. The molecule has 4 heteroatoms. The molecule has 1 aromatic carbocycles. The van der Waals surface area contributed by atoms with E-state index in [9.17, 15) is 9.18 Å². The third-order valence-corrected chi connectivity index (χ3v) is 3.65. The average molecular weight is 276 g/mol. The zero-order valence-corrected chi connectivity index (χ0v) is 11.6. The Morgan fingerprint density at radius 1 is 1.25 bits per heavy atom. The Hall–Kier alpha value is -1.84. The number of halogens is 1. The Morgan fingerprint density at radius 2 is 1.95 bits per heavy atom. The van der Waals surface area contributed by atoms with Crippen LogP contribution in [0.1, 0.15) is 44.1 Å². The molecule has 2 rings (SSSR count). The first-order valence-corrected chi connectivity index (χ1v) is 7.19. The third kappa shape index (κ3) is 4.37. The highest BCUT2D eigenvalue weighted by atomic mass is 19.1. The highest BCUT2D eigenvalue weighted by Crippen LogP contribution is 2.17. The molecule has 3 nitrogen and oxygen atoms in total. The Balaban J connectivity index is 1.89. The lowest BCUT2D eigenvalue weighted by atomic mass is 10.1. The normalized spacial score (nSPS) is 17.1. The summed E-state index contributed by atoms with van der Waals surface area (Å²) in [6.07, 6.45) is 10.1. The Bertz CT molecular complexity index is 491. The summed E-state index contributed by atoms with van der Waals surface area (Å²) in [6, 6.07) is 4.71. The van der Waals surface area contributed by atoms with Crippen molar-refractivity contribution in [1.29, 1.82) is 0 Å². The van der Waals surface area contributed by atoms with Gasteiger partial charge in [-0.1, -0.05) is 31.7 Å². The maximum Gasteiger partial charge on any atom is 0.244 e. The molecule has 108 valence electrons. The van der Waals surface area contributed by atoms with Gasteiger partial charge in [0.25, 0.3) is 0 Å². The number of carbonyl (C=O) groups is 1. The Kier molecular flexibility index (Phi) is 5.16. The molecule has 20 heavy (non-hydrogen) atoms. The van der Waals surface area contributed by atoms with Crippen molar-refractivity contribution >= 4 is 17.7 Å². The van der Waals surface area contributed by atoms with E-state index < -0.39 is 5.82 Å². The predicted octanol–water partition coefficient (Wildman–Crippen LogP) is 3.26. The van der Waals surface area contributed by atoms with Crippen LogP contribution < -0.4 is 11.1 Å². The first kappa shape index (κ1) is 14.6. The molecule has 0 atom stereocenters. The summed E-state index contributed by atoms with van der Waals surface area (Å²) in [4.78, 5) is 11.8. The number of benzene rings is 1. The highest BCUT2D eigenvalue weighted by molar-refractivity contribution is 5.92. The second kappa shape index (κ2) is 7.08. The number of nitrogens with one attached hydrogen (secondary N) is 1. The summed E-state index contributed by atoms with van der Waals surface area (Å²) in [5, 5.41) is 3.02. The molecule has 0 radical (unpaired) electrons. The van der Waals surface area contributed by atoms with Gasteiger partial charge < -0.3 is 11.1 Å². The van der Waals surface area contributed by atoms with Crippen molar-refractivity contribution in [2.45, 2.75) is 44.6 Å². The number of hydrogen-bond donors (Lipinski definition) is 2. The van der Waals surface area contributed by atoms with Crippen LogP contribution in [0.2, 0.25) is 0 Å². The van der Waals surface area contributed by atoms with Gasteiger partial charge in [0, 0.05) is 12.1 Å². The van der Waals surface area contributed by atoms with Crippen molar-refractivity contribution in [1.82, 2.24) is 5.32 Å². The van der Waals surface area contributed by atoms with E-state index in [4.69, 9.17) is 5.73 Å². The Morgan fingerprint density at radius 3 is 2.60 bits per heavy atom. The van der Waals surface area contributed by atoms with Crippen LogP contribution >= 0.6 is 0 Å². The number of carbonyl (C=O) groups excluding carboxylic acids is 1. The number of nitrogens with two attached hydrogens (primary N) is 1. The minimum absolute atomic E-state index is 0.0938. The fourth-order valence-electron chi connectivity index (χ4n) is 2.51.